The summed E-state index contributed by atoms with van der Waals surface area (Å²) in [4.78, 5) is 0. The third-order valence-electron chi connectivity index (χ3n) is 3.65. The summed E-state index contributed by atoms with van der Waals surface area (Å²) in [5, 5.41) is 25.4. The number of hydrogen-bond donors (Lipinski definition) is 0. The predicted molar refractivity (Wildman–Crippen MR) is 82.5 cm³/mol. The van der Waals surface area contributed by atoms with E-state index in [4.69, 9.17) is 0 Å². The minimum absolute atomic E-state index is 0.473. The molecule has 1 aromatic rings. The molecule has 0 atom stereocenters. The Hall–Kier alpha value is -1.17. The van der Waals surface area contributed by atoms with Gasteiger partial charge in [0.1, 0.15) is 5.54 Å². The van der Waals surface area contributed by atoms with Gasteiger partial charge in [0.05, 0.1) is 0 Å². The normalized spacial score (nSPS) is 21.9. The molecule has 0 amide bonds. The average molecular weight is 338 g/mol. The first kappa shape index (κ1) is 15.2. The first-order valence-electron chi connectivity index (χ1n) is 6.43. The van der Waals surface area contributed by atoms with E-state index >= 15 is 0 Å². The number of rotatable bonds is 2. The van der Waals surface area contributed by atoms with Crippen LogP contribution in [0.1, 0.15) is 33.3 Å². The molecular weight excluding hydrogens is 320 g/mol. The van der Waals surface area contributed by atoms with Crippen LogP contribution in [0.15, 0.2) is 34.8 Å². The maximum atomic E-state index is 12.3. The number of halogens is 1. The van der Waals surface area contributed by atoms with Gasteiger partial charge in [0.15, 0.2) is 0 Å². The lowest BCUT2D eigenvalue weighted by Gasteiger charge is -2.27. The van der Waals surface area contributed by atoms with Gasteiger partial charge < -0.3 is 5.21 Å². The Morgan fingerprint density at radius 2 is 1.70 bits per heavy atom. The van der Waals surface area contributed by atoms with Crippen LogP contribution in [0.4, 0.5) is 0 Å². The fourth-order valence-electron chi connectivity index (χ4n) is 2.43. The lowest BCUT2D eigenvalue weighted by atomic mass is 9.97. The Bertz CT molecular complexity index is 574. The largest absolute Gasteiger partial charge is 0.622 e. The summed E-state index contributed by atoms with van der Waals surface area (Å²) in [6.45, 7) is 6.80. The van der Waals surface area contributed by atoms with Gasteiger partial charge in [-0.25, -0.2) is 0 Å². The van der Waals surface area contributed by atoms with Crippen LogP contribution in [0.3, 0.4) is 0 Å². The van der Waals surface area contributed by atoms with E-state index in [1.165, 1.54) is 0 Å². The molecule has 0 spiro atoms. The zero-order chi connectivity index (χ0) is 15.1. The van der Waals surface area contributed by atoms with Gasteiger partial charge >= 0.3 is 0 Å². The second-order valence-electron chi connectivity index (χ2n) is 5.91. The maximum Gasteiger partial charge on any atom is 0.248 e. The second-order valence-corrected chi connectivity index (χ2v) is 6.83. The molecular formula is C15H18BrN2O2. The molecule has 1 aromatic carbocycles. The highest BCUT2D eigenvalue weighted by molar-refractivity contribution is 9.10. The molecule has 4 nitrogen and oxygen atoms in total. The zero-order valence-electron chi connectivity index (χ0n) is 12.1. The second kappa shape index (κ2) is 4.98. The van der Waals surface area contributed by atoms with Crippen molar-refractivity contribution in [3.8, 4) is 0 Å². The third kappa shape index (κ3) is 2.41. The Kier molecular flexibility index (Phi) is 3.79. The summed E-state index contributed by atoms with van der Waals surface area (Å²) in [7, 11) is 0. The van der Waals surface area contributed by atoms with Gasteiger partial charge in [-0.15, -0.1) is 5.21 Å². The number of nitrogens with zero attached hydrogens (tertiary/aromatic N) is 2. The molecule has 20 heavy (non-hydrogen) atoms. The fourth-order valence-corrected chi connectivity index (χ4v) is 2.70. The van der Waals surface area contributed by atoms with Gasteiger partial charge in [0.25, 0.3) is 0 Å². The Balaban J connectivity index is 2.37. The van der Waals surface area contributed by atoms with Crippen molar-refractivity contribution in [2.24, 2.45) is 0 Å². The molecule has 0 aliphatic carbocycles. The molecule has 0 fully saturated rings. The van der Waals surface area contributed by atoms with E-state index in [1.54, 1.807) is 33.8 Å². The lowest BCUT2D eigenvalue weighted by molar-refractivity contribution is -0.586. The predicted octanol–water partition coefficient (Wildman–Crippen LogP) is 3.59. The molecule has 1 aliphatic rings. The molecule has 107 valence electrons. The molecule has 2 rings (SSSR count). The average Bonchev–Trinajstić information content (AvgIpc) is 2.49. The van der Waals surface area contributed by atoms with Crippen LogP contribution in [-0.4, -0.2) is 26.7 Å². The van der Waals surface area contributed by atoms with E-state index in [2.05, 4.69) is 15.9 Å². The van der Waals surface area contributed by atoms with E-state index in [0.29, 0.717) is 5.71 Å². The van der Waals surface area contributed by atoms with Crippen molar-refractivity contribution in [1.82, 2.24) is 5.06 Å². The van der Waals surface area contributed by atoms with Gasteiger partial charge in [0, 0.05) is 24.4 Å². The van der Waals surface area contributed by atoms with Gasteiger partial charge in [-0.3, -0.25) is 0 Å². The van der Waals surface area contributed by atoms with Crippen molar-refractivity contribution in [3.63, 3.8) is 0 Å². The van der Waals surface area contributed by atoms with E-state index < -0.39 is 11.2 Å². The lowest BCUT2D eigenvalue weighted by Crippen LogP contribution is -2.50. The van der Waals surface area contributed by atoms with Crippen molar-refractivity contribution in [3.05, 3.63) is 45.6 Å². The highest BCUT2D eigenvalue weighted by Crippen LogP contribution is 2.33. The van der Waals surface area contributed by atoms with Crippen LogP contribution in [-0.2, 0) is 5.21 Å². The number of hydroxylamine groups is 3. The minimum Gasteiger partial charge on any atom is -0.622 e. The fraction of sp³-hybridized carbons (Fsp3) is 0.400. The summed E-state index contributed by atoms with van der Waals surface area (Å²) in [5.41, 5.74) is -0.465. The van der Waals surface area contributed by atoms with E-state index in [9.17, 15) is 10.4 Å². The highest BCUT2D eigenvalue weighted by Gasteiger charge is 2.56. The molecule has 5 heteroatoms. The monoisotopic (exact) mass is 337 g/mol. The van der Waals surface area contributed by atoms with E-state index in [1.807, 2.05) is 30.3 Å². The molecule has 0 bridgehead atoms. The summed E-state index contributed by atoms with van der Waals surface area (Å²) >= 11 is 3.38. The summed E-state index contributed by atoms with van der Waals surface area (Å²) in [6, 6.07) is 7.75. The molecule has 1 radical (unpaired) electrons. The van der Waals surface area contributed by atoms with E-state index in [-0.39, 0.29) is 0 Å². The Morgan fingerprint density at radius 1 is 1.15 bits per heavy atom. The van der Waals surface area contributed by atoms with Crippen LogP contribution in [0.25, 0.3) is 6.08 Å². The quantitative estimate of drug-likeness (QED) is 0.611. The maximum absolute atomic E-state index is 12.3. The van der Waals surface area contributed by atoms with Crippen molar-refractivity contribution < 1.29 is 9.95 Å². The van der Waals surface area contributed by atoms with Gasteiger partial charge in [-0.1, -0.05) is 33.1 Å². The van der Waals surface area contributed by atoms with E-state index in [0.717, 1.165) is 19.8 Å². The van der Waals surface area contributed by atoms with Crippen LogP contribution in [0.5, 0.6) is 0 Å². The van der Waals surface area contributed by atoms with Crippen LogP contribution in [0.2, 0.25) is 0 Å². The first-order chi connectivity index (χ1) is 9.17. The summed E-state index contributed by atoms with van der Waals surface area (Å²) in [5.74, 6) is 0. The first-order valence-corrected chi connectivity index (χ1v) is 7.22. The zero-order valence-corrected chi connectivity index (χ0v) is 13.6. The minimum atomic E-state index is -1.08. The molecule has 0 aromatic heterocycles. The van der Waals surface area contributed by atoms with Crippen LogP contribution >= 0.6 is 15.9 Å². The summed E-state index contributed by atoms with van der Waals surface area (Å²) < 4.78 is 1.80. The number of hydrogen-bond acceptors (Lipinski definition) is 2. The highest BCUT2D eigenvalue weighted by atomic mass is 79.9. The van der Waals surface area contributed by atoms with Crippen molar-refractivity contribution in [1.29, 1.82) is 0 Å². The standard InChI is InChI=1S/C15H18BrN2O2/c1-14(2)13(17(19)15(3,4)18(14)20)10-7-11-5-8-12(16)9-6-11/h5-10H,1-4H3/b10-7+. The molecule has 0 N–H and O–H groups in total. The van der Waals surface area contributed by atoms with Gasteiger partial charge in [0.2, 0.25) is 11.4 Å². The molecule has 0 saturated heterocycles. The van der Waals surface area contributed by atoms with Crippen molar-refractivity contribution >= 4 is 27.7 Å². The molecule has 0 unspecified atom stereocenters. The van der Waals surface area contributed by atoms with Crippen molar-refractivity contribution in [2.45, 2.75) is 38.9 Å². The Morgan fingerprint density at radius 3 is 2.15 bits per heavy atom. The Labute approximate surface area is 127 Å². The molecule has 0 saturated carbocycles. The number of benzene rings is 1. The topological polar surface area (TPSA) is 49.2 Å². The van der Waals surface area contributed by atoms with Crippen molar-refractivity contribution in [2.75, 3.05) is 0 Å². The van der Waals surface area contributed by atoms with Crippen LogP contribution < -0.4 is 0 Å². The van der Waals surface area contributed by atoms with Crippen LogP contribution in [0, 0.1) is 5.21 Å². The van der Waals surface area contributed by atoms with Gasteiger partial charge in [-0.05, 0) is 37.6 Å². The molecule has 1 heterocycles. The molecule has 1 aliphatic heterocycles. The smallest absolute Gasteiger partial charge is 0.248 e. The third-order valence-corrected chi connectivity index (χ3v) is 4.18. The van der Waals surface area contributed by atoms with Gasteiger partial charge in [-0.2, -0.15) is 4.74 Å². The summed E-state index contributed by atoms with van der Waals surface area (Å²) in [6.07, 6.45) is 3.58. The SMILES string of the molecule is CC1(C)C(/C=C/c2ccc(Br)cc2)=[N+]([O-])C(C)(C)N1[O].